The summed E-state index contributed by atoms with van der Waals surface area (Å²) in [4.78, 5) is 0. The van der Waals surface area contributed by atoms with Crippen molar-refractivity contribution in [3.63, 3.8) is 0 Å². The van der Waals surface area contributed by atoms with Crippen LogP contribution in [0, 0.1) is 0 Å². The normalized spacial score (nSPS) is 16.7. The molecule has 2 aromatic carbocycles. The van der Waals surface area contributed by atoms with Gasteiger partial charge in [0.05, 0.1) is 0 Å². The van der Waals surface area contributed by atoms with E-state index >= 15 is 0 Å². The average molecular weight is 279 g/mol. The summed E-state index contributed by atoms with van der Waals surface area (Å²) in [5.41, 5.74) is 6.38. The van der Waals surface area contributed by atoms with Crippen molar-refractivity contribution in [3.8, 4) is 17.2 Å². The summed E-state index contributed by atoms with van der Waals surface area (Å²) in [6, 6.07) is 15.0. The average Bonchev–Trinajstić information content (AvgIpc) is 2.51. The van der Waals surface area contributed by atoms with Crippen LogP contribution in [0.25, 0.3) is 0 Å². The molecule has 3 heteroatoms. The lowest BCUT2D eigenvalue weighted by Gasteiger charge is -2.16. The van der Waals surface area contributed by atoms with Crippen LogP contribution in [0.4, 0.5) is 5.69 Å². The second-order valence-electron chi connectivity index (χ2n) is 4.85. The molecule has 0 aromatic heterocycles. The Morgan fingerprint density at radius 3 is 2.48 bits per heavy atom. The van der Waals surface area contributed by atoms with Crippen molar-refractivity contribution >= 4 is 5.69 Å². The minimum atomic E-state index is 0.0850. The van der Waals surface area contributed by atoms with E-state index in [2.05, 4.69) is 6.08 Å². The molecule has 3 rings (SSSR count). The fraction of sp³-hybridized carbons (Fsp3) is 0.111. The molecular formula is C18H17NO2. The quantitative estimate of drug-likeness (QED) is 0.847. The predicted molar refractivity (Wildman–Crippen MR) is 84.7 cm³/mol. The van der Waals surface area contributed by atoms with Crippen LogP contribution < -0.4 is 15.2 Å². The first-order valence-electron chi connectivity index (χ1n) is 6.93. The largest absolute Gasteiger partial charge is 0.486 e. The summed E-state index contributed by atoms with van der Waals surface area (Å²) in [6.45, 7) is 0. The van der Waals surface area contributed by atoms with Gasteiger partial charge >= 0.3 is 0 Å². The van der Waals surface area contributed by atoms with E-state index in [9.17, 15) is 0 Å². The molecule has 0 bridgehead atoms. The zero-order valence-electron chi connectivity index (χ0n) is 11.6. The zero-order chi connectivity index (χ0) is 14.5. The third-order valence-electron chi connectivity index (χ3n) is 3.15. The first-order valence-corrected chi connectivity index (χ1v) is 6.93. The highest BCUT2D eigenvalue weighted by atomic mass is 16.5. The molecule has 0 radical (unpaired) electrons. The number of nitrogen functional groups attached to an aromatic ring is 1. The van der Waals surface area contributed by atoms with E-state index in [4.69, 9.17) is 15.2 Å². The zero-order valence-corrected chi connectivity index (χ0v) is 11.6. The van der Waals surface area contributed by atoms with E-state index in [0.29, 0.717) is 0 Å². The van der Waals surface area contributed by atoms with E-state index in [1.54, 1.807) is 0 Å². The van der Waals surface area contributed by atoms with Gasteiger partial charge in [-0.15, -0.1) is 0 Å². The molecule has 2 aromatic rings. The van der Waals surface area contributed by atoms with Crippen LogP contribution in [0.3, 0.4) is 0 Å². The van der Waals surface area contributed by atoms with Crippen molar-refractivity contribution in [3.05, 3.63) is 72.8 Å². The van der Waals surface area contributed by atoms with Crippen molar-refractivity contribution < 1.29 is 9.47 Å². The first kappa shape index (κ1) is 13.3. The van der Waals surface area contributed by atoms with E-state index in [1.165, 1.54) is 0 Å². The summed E-state index contributed by atoms with van der Waals surface area (Å²) in [5.74, 6) is 2.29. The van der Waals surface area contributed by atoms with Crippen molar-refractivity contribution in [2.45, 2.75) is 12.5 Å². The minimum absolute atomic E-state index is 0.0850. The number of nitrogens with two attached hydrogens (primary N) is 1. The third-order valence-corrected chi connectivity index (χ3v) is 3.15. The van der Waals surface area contributed by atoms with Gasteiger partial charge in [-0.2, -0.15) is 0 Å². The van der Waals surface area contributed by atoms with Gasteiger partial charge in [0.2, 0.25) is 0 Å². The SMILES string of the molecule is Nc1ccc(Oc2cccc(OC3C=CC=CC3)c2)cc1. The summed E-state index contributed by atoms with van der Waals surface area (Å²) in [7, 11) is 0. The van der Waals surface area contributed by atoms with Crippen LogP contribution in [0.5, 0.6) is 17.2 Å². The van der Waals surface area contributed by atoms with Crippen LogP contribution in [0.15, 0.2) is 72.8 Å². The summed E-state index contributed by atoms with van der Waals surface area (Å²) in [5, 5.41) is 0. The van der Waals surface area contributed by atoms with Crippen LogP contribution in [-0.4, -0.2) is 6.10 Å². The van der Waals surface area contributed by atoms with Gasteiger partial charge in [0.25, 0.3) is 0 Å². The third kappa shape index (κ3) is 3.66. The van der Waals surface area contributed by atoms with Gasteiger partial charge in [-0.25, -0.2) is 0 Å². The van der Waals surface area contributed by atoms with E-state index < -0.39 is 0 Å². The molecule has 0 aliphatic heterocycles. The topological polar surface area (TPSA) is 44.5 Å². The van der Waals surface area contributed by atoms with E-state index in [-0.39, 0.29) is 6.10 Å². The molecule has 0 heterocycles. The minimum Gasteiger partial charge on any atom is -0.486 e. The summed E-state index contributed by atoms with van der Waals surface area (Å²) >= 11 is 0. The molecule has 1 aliphatic rings. The number of rotatable bonds is 4. The van der Waals surface area contributed by atoms with Crippen molar-refractivity contribution in [1.29, 1.82) is 0 Å². The maximum absolute atomic E-state index is 5.91. The van der Waals surface area contributed by atoms with Crippen LogP contribution in [0.2, 0.25) is 0 Å². The number of benzene rings is 2. The lowest BCUT2D eigenvalue weighted by atomic mass is 10.1. The number of ether oxygens (including phenoxy) is 2. The molecule has 1 unspecified atom stereocenters. The van der Waals surface area contributed by atoms with Crippen molar-refractivity contribution in [1.82, 2.24) is 0 Å². The molecule has 0 fully saturated rings. The molecule has 2 N–H and O–H groups in total. The van der Waals surface area contributed by atoms with Gasteiger partial charge < -0.3 is 15.2 Å². The van der Waals surface area contributed by atoms with Gasteiger partial charge in [0.1, 0.15) is 23.4 Å². The molecular weight excluding hydrogens is 262 g/mol. The highest BCUT2D eigenvalue weighted by molar-refractivity contribution is 5.43. The first-order chi connectivity index (χ1) is 10.3. The molecule has 0 saturated carbocycles. The van der Waals surface area contributed by atoms with Crippen molar-refractivity contribution in [2.24, 2.45) is 0 Å². The van der Waals surface area contributed by atoms with E-state index in [1.807, 2.05) is 66.8 Å². The monoisotopic (exact) mass is 279 g/mol. The highest BCUT2D eigenvalue weighted by Crippen LogP contribution is 2.27. The standard InChI is InChI=1S/C18H17NO2/c19-14-9-11-16(12-10-14)21-18-8-4-7-17(13-18)20-15-5-2-1-3-6-15/h1-5,7-13,15H,6,19H2. The van der Waals surface area contributed by atoms with Gasteiger partial charge in [0.15, 0.2) is 0 Å². The molecule has 0 saturated heterocycles. The maximum Gasteiger partial charge on any atom is 0.131 e. The van der Waals surface area contributed by atoms with Crippen LogP contribution in [-0.2, 0) is 0 Å². The van der Waals surface area contributed by atoms with Crippen LogP contribution >= 0.6 is 0 Å². The molecule has 21 heavy (non-hydrogen) atoms. The number of anilines is 1. The molecule has 106 valence electrons. The number of hydrogen-bond donors (Lipinski definition) is 1. The Morgan fingerprint density at radius 2 is 1.71 bits per heavy atom. The lowest BCUT2D eigenvalue weighted by molar-refractivity contribution is 0.251. The van der Waals surface area contributed by atoms with Gasteiger partial charge in [-0.3, -0.25) is 0 Å². The Bertz CT molecular complexity index is 659. The van der Waals surface area contributed by atoms with Crippen LogP contribution in [0.1, 0.15) is 6.42 Å². The Balaban J connectivity index is 1.69. The van der Waals surface area contributed by atoms with Crippen molar-refractivity contribution in [2.75, 3.05) is 5.73 Å². The van der Waals surface area contributed by atoms with Gasteiger partial charge in [-0.1, -0.05) is 24.3 Å². The molecule has 0 amide bonds. The molecule has 1 atom stereocenters. The Morgan fingerprint density at radius 1 is 0.905 bits per heavy atom. The molecule has 3 nitrogen and oxygen atoms in total. The Labute approximate surface area is 124 Å². The Hall–Kier alpha value is -2.68. The Kier molecular flexibility index (Phi) is 3.92. The summed E-state index contributed by atoms with van der Waals surface area (Å²) < 4.78 is 11.7. The second kappa shape index (κ2) is 6.18. The highest BCUT2D eigenvalue weighted by Gasteiger charge is 2.07. The van der Waals surface area contributed by atoms with E-state index in [0.717, 1.165) is 29.4 Å². The molecule has 0 spiro atoms. The molecule has 1 aliphatic carbocycles. The lowest BCUT2D eigenvalue weighted by Crippen LogP contribution is -2.13. The fourth-order valence-electron chi connectivity index (χ4n) is 2.10. The number of allylic oxidation sites excluding steroid dienone is 2. The smallest absolute Gasteiger partial charge is 0.131 e. The maximum atomic E-state index is 5.91. The summed E-state index contributed by atoms with van der Waals surface area (Å²) in [6.07, 6.45) is 9.15. The van der Waals surface area contributed by atoms with Gasteiger partial charge in [-0.05, 0) is 42.5 Å². The fourth-order valence-corrected chi connectivity index (χ4v) is 2.10. The predicted octanol–water partition coefficient (Wildman–Crippen LogP) is 4.32. The second-order valence-corrected chi connectivity index (χ2v) is 4.85. The number of hydrogen-bond acceptors (Lipinski definition) is 3. The van der Waals surface area contributed by atoms with Gasteiger partial charge in [0, 0.05) is 18.2 Å².